The van der Waals surface area contributed by atoms with E-state index in [9.17, 15) is 4.79 Å². The molecule has 0 bridgehead atoms. The van der Waals surface area contributed by atoms with E-state index in [4.69, 9.17) is 0 Å². The Morgan fingerprint density at radius 2 is 1.92 bits per heavy atom. The zero-order valence-electron chi connectivity index (χ0n) is 7.36. The first-order valence-corrected chi connectivity index (χ1v) is 4.58. The van der Waals surface area contributed by atoms with Crippen molar-refractivity contribution < 1.29 is 4.79 Å². The van der Waals surface area contributed by atoms with Crippen molar-refractivity contribution in [1.29, 1.82) is 0 Å². The molecule has 1 aromatic rings. The van der Waals surface area contributed by atoms with E-state index in [0.29, 0.717) is 5.69 Å². The summed E-state index contributed by atoms with van der Waals surface area (Å²) in [5.74, 6) is 0.745. The van der Waals surface area contributed by atoms with Gasteiger partial charge in [-0.3, -0.25) is 0 Å². The van der Waals surface area contributed by atoms with Gasteiger partial charge in [0.2, 0.25) is 6.08 Å². The van der Waals surface area contributed by atoms with E-state index in [0.717, 1.165) is 5.92 Å². The van der Waals surface area contributed by atoms with Gasteiger partial charge in [-0.05, 0) is 36.5 Å². The lowest BCUT2D eigenvalue weighted by Gasteiger charge is -2.25. The molecule has 2 nitrogen and oxygen atoms in total. The van der Waals surface area contributed by atoms with Crippen LogP contribution in [-0.2, 0) is 4.79 Å². The monoisotopic (exact) mass is 173 g/mol. The quantitative estimate of drug-likeness (QED) is 0.499. The lowest BCUT2D eigenvalue weighted by molar-refractivity contribution is 0.420. The molecule has 0 atom stereocenters. The summed E-state index contributed by atoms with van der Waals surface area (Å²) >= 11 is 0. The highest BCUT2D eigenvalue weighted by Crippen LogP contribution is 2.36. The largest absolute Gasteiger partial charge is 0.240 e. The number of hydrogen-bond acceptors (Lipinski definition) is 2. The second kappa shape index (κ2) is 3.55. The van der Waals surface area contributed by atoms with Crippen LogP contribution in [0.3, 0.4) is 0 Å². The molecule has 1 fully saturated rings. The number of hydrogen-bond donors (Lipinski definition) is 0. The molecular weight excluding hydrogens is 162 g/mol. The number of benzene rings is 1. The Morgan fingerprint density at radius 1 is 1.23 bits per heavy atom. The maximum absolute atomic E-state index is 9.97. The molecule has 0 amide bonds. The summed E-state index contributed by atoms with van der Waals surface area (Å²) in [6.07, 6.45) is 5.49. The molecule has 2 rings (SSSR count). The van der Waals surface area contributed by atoms with Gasteiger partial charge in [-0.25, -0.2) is 4.79 Å². The lowest BCUT2D eigenvalue weighted by Crippen LogP contribution is -2.07. The number of nitrogens with zero attached hydrogens (tertiary/aromatic N) is 1. The van der Waals surface area contributed by atoms with Gasteiger partial charge in [-0.2, -0.15) is 4.99 Å². The first kappa shape index (κ1) is 8.21. The summed E-state index contributed by atoms with van der Waals surface area (Å²) in [4.78, 5) is 13.5. The summed E-state index contributed by atoms with van der Waals surface area (Å²) in [6, 6.07) is 7.86. The average molecular weight is 173 g/mol. The molecule has 0 unspecified atom stereocenters. The van der Waals surface area contributed by atoms with Gasteiger partial charge in [0.05, 0.1) is 5.69 Å². The van der Waals surface area contributed by atoms with Crippen LogP contribution in [0, 0.1) is 0 Å². The molecule has 1 aliphatic carbocycles. The van der Waals surface area contributed by atoms with E-state index in [1.165, 1.54) is 30.9 Å². The van der Waals surface area contributed by atoms with Gasteiger partial charge in [0, 0.05) is 0 Å². The minimum Gasteiger partial charge on any atom is -0.211 e. The smallest absolute Gasteiger partial charge is 0.211 e. The normalized spacial score (nSPS) is 16.0. The molecule has 2 heteroatoms. The van der Waals surface area contributed by atoms with Gasteiger partial charge >= 0.3 is 0 Å². The van der Waals surface area contributed by atoms with Crippen molar-refractivity contribution in [3.8, 4) is 0 Å². The van der Waals surface area contributed by atoms with Crippen LogP contribution in [0.4, 0.5) is 5.69 Å². The van der Waals surface area contributed by atoms with Crippen molar-refractivity contribution in [2.75, 3.05) is 0 Å². The Kier molecular flexibility index (Phi) is 2.24. The van der Waals surface area contributed by atoms with Gasteiger partial charge < -0.3 is 0 Å². The van der Waals surface area contributed by atoms with Crippen LogP contribution < -0.4 is 0 Å². The second-order valence-electron chi connectivity index (χ2n) is 3.42. The second-order valence-corrected chi connectivity index (χ2v) is 3.42. The lowest BCUT2D eigenvalue weighted by atomic mass is 9.80. The third-order valence-electron chi connectivity index (χ3n) is 2.64. The van der Waals surface area contributed by atoms with Gasteiger partial charge in [0.15, 0.2) is 0 Å². The highest BCUT2D eigenvalue weighted by atomic mass is 16.1. The van der Waals surface area contributed by atoms with Crippen molar-refractivity contribution in [2.24, 2.45) is 4.99 Å². The van der Waals surface area contributed by atoms with Gasteiger partial charge in [0.1, 0.15) is 0 Å². The van der Waals surface area contributed by atoms with Crippen molar-refractivity contribution in [3.63, 3.8) is 0 Å². The van der Waals surface area contributed by atoms with Crippen LogP contribution in [0.2, 0.25) is 0 Å². The Hall–Kier alpha value is -1.40. The Balaban J connectivity index is 2.17. The van der Waals surface area contributed by atoms with Crippen LogP contribution >= 0.6 is 0 Å². The summed E-state index contributed by atoms with van der Waals surface area (Å²) in [6.45, 7) is 0. The summed E-state index contributed by atoms with van der Waals surface area (Å²) < 4.78 is 0. The fourth-order valence-electron chi connectivity index (χ4n) is 1.62. The third-order valence-corrected chi connectivity index (χ3v) is 2.64. The van der Waals surface area contributed by atoms with Crippen molar-refractivity contribution in [1.82, 2.24) is 0 Å². The van der Waals surface area contributed by atoms with Crippen molar-refractivity contribution >= 4 is 11.8 Å². The number of carbonyl (C=O) groups excluding carboxylic acids is 1. The fraction of sp³-hybridized carbons (Fsp3) is 0.364. The predicted molar refractivity (Wildman–Crippen MR) is 50.8 cm³/mol. The first-order chi connectivity index (χ1) is 6.40. The van der Waals surface area contributed by atoms with Crippen LogP contribution in [-0.4, -0.2) is 6.08 Å². The minimum absolute atomic E-state index is 0.693. The van der Waals surface area contributed by atoms with Crippen LogP contribution in [0.5, 0.6) is 0 Å². The highest BCUT2D eigenvalue weighted by Gasteiger charge is 2.18. The Labute approximate surface area is 77.3 Å². The maximum Gasteiger partial charge on any atom is 0.240 e. The molecule has 1 aliphatic rings. The van der Waals surface area contributed by atoms with Gasteiger partial charge in [-0.1, -0.05) is 18.6 Å². The standard InChI is InChI=1S/C11H11NO/c13-8-12-11-6-4-10(5-7-11)9-2-1-3-9/h4-7,9H,1-3H2. The molecule has 1 aromatic carbocycles. The summed E-state index contributed by atoms with van der Waals surface area (Å²) in [7, 11) is 0. The number of rotatable bonds is 2. The Morgan fingerprint density at radius 3 is 2.38 bits per heavy atom. The van der Waals surface area contributed by atoms with Crippen molar-refractivity contribution in [2.45, 2.75) is 25.2 Å². The summed E-state index contributed by atoms with van der Waals surface area (Å²) in [5.41, 5.74) is 2.06. The highest BCUT2D eigenvalue weighted by molar-refractivity contribution is 5.49. The maximum atomic E-state index is 9.97. The SMILES string of the molecule is O=C=Nc1ccc(C2CCC2)cc1. The number of isocyanates is 1. The van der Waals surface area contributed by atoms with E-state index in [-0.39, 0.29) is 0 Å². The van der Waals surface area contributed by atoms with Crippen LogP contribution in [0.25, 0.3) is 0 Å². The molecule has 0 radical (unpaired) electrons. The molecule has 0 aliphatic heterocycles. The molecule has 13 heavy (non-hydrogen) atoms. The molecule has 0 saturated heterocycles. The molecule has 66 valence electrons. The molecule has 0 aromatic heterocycles. The van der Waals surface area contributed by atoms with E-state index in [2.05, 4.69) is 17.1 Å². The summed E-state index contributed by atoms with van der Waals surface area (Å²) in [5, 5.41) is 0. The topological polar surface area (TPSA) is 29.4 Å². The molecule has 0 N–H and O–H groups in total. The minimum atomic E-state index is 0.693. The van der Waals surface area contributed by atoms with E-state index < -0.39 is 0 Å². The van der Waals surface area contributed by atoms with Crippen LogP contribution in [0.15, 0.2) is 29.3 Å². The molecular formula is C11H11NO. The zero-order chi connectivity index (χ0) is 9.10. The molecule has 0 spiro atoms. The third kappa shape index (κ3) is 1.68. The van der Waals surface area contributed by atoms with E-state index >= 15 is 0 Å². The fourth-order valence-corrected chi connectivity index (χ4v) is 1.62. The van der Waals surface area contributed by atoms with Crippen molar-refractivity contribution in [3.05, 3.63) is 29.8 Å². The van der Waals surface area contributed by atoms with Crippen LogP contribution in [0.1, 0.15) is 30.7 Å². The van der Waals surface area contributed by atoms with E-state index in [1.807, 2.05) is 12.1 Å². The Bertz CT molecular complexity index is 332. The first-order valence-electron chi connectivity index (χ1n) is 4.58. The predicted octanol–water partition coefficient (Wildman–Crippen LogP) is 2.92. The average Bonchev–Trinajstić information content (AvgIpc) is 2.06. The zero-order valence-corrected chi connectivity index (χ0v) is 7.36. The van der Waals surface area contributed by atoms with Gasteiger partial charge in [-0.15, -0.1) is 0 Å². The molecule has 1 saturated carbocycles. The van der Waals surface area contributed by atoms with Gasteiger partial charge in [0.25, 0.3) is 0 Å². The van der Waals surface area contributed by atoms with E-state index in [1.54, 1.807) is 0 Å². The molecule has 0 heterocycles. The number of aliphatic imine (C=N–C) groups is 1.